The predicted octanol–water partition coefficient (Wildman–Crippen LogP) is 3.18. The molecule has 4 rings (SSSR count). The van der Waals surface area contributed by atoms with Crippen molar-refractivity contribution in [3.05, 3.63) is 65.7 Å². The summed E-state index contributed by atoms with van der Waals surface area (Å²) in [5, 5.41) is 2.88. The van der Waals surface area contributed by atoms with Crippen molar-refractivity contribution in [2.75, 3.05) is 19.7 Å². The second kappa shape index (κ2) is 9.56. The van der Waals surface area contributed by atoms with Gasteiger partial charge in [-0.1, -0.05) is 42.5 Å². The monoisotopic (exact) mass is 449 g/mol. The summed E-state index contributed by atoms with van der Waals surface area (Å²) in [4.78, 5) is 28.0. The number of carbonyl (C=O) groups is 2. The molecule has 176 valence electrons. The largest absolute Gasteiger partial charge is 0.494 e. The first-order valence-electron chi connectivity index (χ1n) is 11.9. The average molecular weight is 450 g/mol. The molecule has 1 saturated heterocycles. The highest BCUT2D eigenvalue weighted by Crippen LogP contribution is 2.46. The van der Waals surface area contributed by atoms with Crippen LogP contribution in [0.5, 0.6) is 5.75 Å². The standard InChI is InChI=1S/C27H35N3O3/c1-26(2,28)25(32)29-23(13-19-33-21-9-4-3-5-10-21)24(31)30-17-15-27(16-18-30)14-12-20-8-6-7-11-22(20)27/h3-11,23H,12-19,28H2,1-2H3,(H,29,32). The molecule has 2 amide bonds. The summed E-state index contributed by atoms with van der Waals surface area (Å²) in [6.45, 7) is 5.02. The molecule has 1 atom stereocenters. The van der Waals surface area contributed by atoms with Crippen LogP contribution in [0, 0.1) is 0 Å². The van der Waals surface area contributed by atoms with Crippen molar-refractivity contribution in [2.45, 2.75) is 62.9 Å². The Morgan fingerprint density at radius 3 is 2.42 bits per heavy atom. The van der Waals surface area contributed by atoms with E-state index in [1.54, 1.807) is 13.8 Å². The molecule has 0 bridgehead atoms. The van der Waals surface area contributed by atoms with Crippen LogP contribution < -0.4 is 15.8 Å². The zero-order chi connectivity index (χ0) is 23.5. The van der Waals surface area contributed by atoms with E-state index in [0.29, 0.717) is 26.1 Å². The van der Waals surface area contributed by atoms with Gasteiger partial charge in [-0.3, -0.25) is 9.59 Å². The zero-order valence-corrected chi connectivity index (χ0v) is 19.7. The van der Waals surface area contributed by atoms with Crippen LogP contribution >= 0.6 is 0 Å². The van der Waals surface area contributed by atoms with Crippen LogP contribution in [0.3, 0.4) is 0 Å². The molecular weight excluding hydrogens is 414 g/mol. The number of likely N-dealkylation sites (tertiary alicyclic amines) is 1. The number of nitrogens with two attached hydrogens (primary N) is 1. The van der Waals surface area contributed by atoms with Crippen LogP contribution in [0.15, 0.2) is 54.6 Å². The second-order valence-electron chi connectivity index (χ2n) is 9.96. The molecule has 3 N–H and O–H groups in total. The minimum atomic E-state index is -1.06. The lowest BCUT2D eigenvalue weighted by molar-refractivity contribution is -0.139. The number of hydrogen-bond acceptors (Lipinski definition) is 4. The van der Waals surface area contributed by atoms with Crippen molar-refractivity contribution in [1.82, 2.24) is 10.2 Å². The first-order chi connectivity index (χ1) is 15.8. The number of ether oxygens (including phenoxy) is 1. The fraction of sp³-hybridized carbons (Fsp3) is 0.481. The number of rotatable bonds is 7. The Hall–Kier alpha value is -2.86. The summed E-state index contributed by atoms with van der Waals surface area (Å²) in [5.41, 5.74) is 8.02. The summed E-state index contributed by atoms with van der Waals surface area (Å²) in [6.07, 6.45) is 4.57. The van der Waals surface area contributed by atoms with E-state index >= 15 is 0 Å². The molecule has 0 aromatic heterocycles. The van der Waals surface area contributed by atoms with E-state index in [1.807, 2.05) is 35.2 Å². The topological polar surface area (TPSA) is 84.7 Å². The Morgan fingerprint density at radius 1 is 1.06 bits per heavy atom. The van der Waals surface area contributed by atoms with E-state index in [0.717, 1.165) is 31.4 Å². The molecule has 1 aliphatic heterocycles. The van der Waals surface area contributed by atoms with E-state index in [-0.39, 0.29) is 17.2 Å². The number of nitrogens with one attached hydrogen (secondary N) is 1. The first kappa shape index (κ1) is 23.3. The highest BCUT2D eigenvalue weighted by Gasteiger charge is 2.42. The number of carbonyl (C=O) groups excluding carboxylic acids is 2. The molecule has 1 spiro atoms. The molecule has 2 aliphatic rings. The minimum absolute atomic E-state index is 0.0506. The van der Waals surface area contributed by atoms with Gasteiger partial charge in [0.1, 0.15) is 11.8 Å². The van der Waals surface area contributed by atoms with E-state index in [4.69, 9.17) is 10.5 Å². The summed E-state index contributed by atoms with van der Waals surface area (Å²) in [5.74, 6) is 0.359. The Morgan fingerprint density at radius 2 is 1.73 bits per heavy atom. The van der Waals surface area contributed by atoms with Crippen molar-refractivity contribution >= 4 is 11.8 Å². The summed E-state index contributed by atoms with van der Waals surface area (Å²) in [7, 11) is 0. The number of amides is 2. The molecule has 2 aromatic rings. The predicted molar refractivity (Wildman–Crippen MR) is 129 cm³/mol. The molecule has 1 fully saturated rings. The molecule has 1 heterocycles. The molecule has 6 heteroatoms. The highest BCUT2D eigenvalue weighted by atomic mass is 16.5. The number of hydrogen-bond donors (Lipinski definition) is 2. The smallest absolute Gasteiger partial charge is 0.245 e. The Bertz CT molecular complexity index is 976. The molecule has 1 unspecified atom stereocenters. The van der Waals surface area contributed by atoms with Crippen molar-refractivity contribution in [2.24, 2.45) is 5.73 Å². The quantitative estimate of drug-likeness (QED) is 0.680. The van der Waals surface area contributed by atoms with Crippen molar-refractivity contribution in [3.8, 4) is 5.75 Å². The molecule has 0 radical (unpaired) electrons. The Kier molecular flexibility index (Phi) is 6.75. The molecule has 1 aliphatic carbocycles. The van der Waals surface area contributed by atoms with Gasteiger partial charge in [-0.05, 0) is 68.2 Å². The lowest BCUT2D eigenvalue weighted by Gasteiger charge is -2.41. The van der Waals surface area contributed by atoms with Crippen molar-refractivity contribution in [3.63, 3.8) is 0 Å². The SMILES string of the molecule is CC(C)(N)C(=O)NC(CCOc1ccccc1)C(=O)N1CCC2(CCc3ccccc32)CC1. The van der Waals surface area contributed by atoms with Gasteiger partial charge >= 0.3 is 0 Å². The third-order valence-electron chi connectivity index (χ3n) is 7.10. The van der Waals surface area contributed by atoms with Gasteiger partial charge in [0.25, 0.3) is 0 Å². The van der Waals surface area contributed by atoms with E-state index in [2.05, 4.69) is 29.6 Å². The number of fused-ring (bicyclic) bond motifs is 2. The summed E-state index contributed by atoms with van der Waals surface area (Å²) in [6, 6.07) is 17.5. The number of para-hydroxylation sites is 1. The maximum Gasteiger partial charge on any atom is 0.245 e. The third-order valence-corrected chi connectivity index (χ3v) is 7.10. The van der Waals surface area contributed by atoms with Crippen LogP contribution in [0.1, 0.15) is 50.7 Å². The zero-order valence-electron chi connectivity index (χ0n) is 19.7. The lowest BCUT2D eigenvalue weighted by Crippen LogP contribution is -2.58. The average Bonchev–Trinajstić information content (AvgIpc) is 3.16. The van der Waals surface area contributed by atoms with Crippen LogP contribution in [-0.2, 0) is 21.4 Å². The number of piperidine rings is 1. The summed E-state index contributed by atoms with van der Waals surface area (Å²) < 4.78 is 5.80. The molecular formula is C27H35N3O3. The van der Waals surface area contributed by atoms with Gasteiger partial charge in [0.05, 0.1) is 12.1 Å². The molecule has 0 saturated carbocycles. The van der Waals surface area contributed by atoms with Crippen LogP contribution in [-0.4, -0.2) is 48.0 Å². The van der Waals surface area contributed by atoms with Gasteiger partial charge in [-0.15, -0.1) is 0 Å². The minimum Gasteiger partial charge on any atom is -0.494 e. The molecule has 2 aromatic carbocycles. The molecule has 33 heavy (non-hydrogen) atoms. The van der Waals surface area contributed by atoms with Crippen LogP contribution in [0.25, 0.3) is 0 Å². The normalized spacial score (nSPS) is 18.0. The third kappa shape index (κ3) is 5.22. The second-order valence-corrected chi connectivity index (χ2v) is 9.96. The first-order valence-corrected chi connectivity index (χ1v) is 11.9. The van der Waals surface area contributed by atoms with Gasteiger partial charge < -0.3 is 20.7 Å². The Balaban J connectivity index is 1.40. The van der Waals surface area contributed by atoms with E-state index in [9.17, 15) is 9.59 Å². The highest BCUT2D eigenvalue weighted by molar-refractivity contribution is 5.91. The van der Waals surface area contributed by atoms with Crippen LogP contribution in [0.2, 0.25) is 0 Å². The van der Waals surface area contributed by atoms with E-state index in [1.165, 1.54) is 11.1 Å². The van der Waals surface area contributed by atoms with E-state index < -0.39 is 11.6 Å². The number of nitrogens with zero attached hydrogens (tertiary/aromatic N) is 1. The summed E-state index contributed by atoms with van der Waals surface area (Å²) >= 11 is 0. The maximum absolute atomic E-state index is 13.5. The lowest BCUT2D eigenvalue weighted by atomic mass is 9.74. The fourth-order valence-corrected chi connectivity index (χ4v) is 5.07. The number of aryl methyl sites for hydroxylation is 1. The van der Waals surface area contributed by atoms with Gasteiger partial charge in [-0.2, -0.15) is 0 Å². The van der Waals surface area contributed by atoms with Gasteiger partial charge in [0.2, 0.25) is 11.8 Å². The number of benzene rings is 2. The maximum atomic E-state index is 13.5. The fourth-order valence-electron chi connectivity index (χ4n) is 5.07. The van der Waals surface area contributed by atoms with Gasteiger partial charge in [0.15, 0.2) is 0 Å². The molecule has 6 nitrogen and oxygen atoms in total. The van der Waals surface area contributed by atoms with Gasteiger partial charge in [-0.25, -0.2) is 0 Å². The van der Waals surface area contributed by atoms with Gasteiger partial charge in [0, 0.05) is 19.5 Å². The van der Waals surface area contributed by atoms with Crippen LogP contribution in [0.4, 0.5) is 0 Å². The Labute approximate surface area is 196 Å². The van der Waals surface area contributed by atoms with Crippen molar-refractivity contribution < 1.29 is 14.3 Å². The van der Waals surface area contributed by atoms with Crippen molar-refractivity contribution in [1.29, 1.82) is 0 Å².